The van der Waals surface area contributed by atoms with Gasteiger partial charge in [0.15, 0.2) is 0 Å². The van der Waals surface area contributed by atoms with E-state index in [9.17, 15) is 8.42 Å². The Morgan fingerprint density at radius 2 is 1.73 bits per heavy atom. The molecular weight excluding hydrogens is 516 g/mol. The van der Waals surface area contributed by atoms with Crippen molar-refractivity contribution < 1.29 is 17.3 Å². The van der Waals surface area contributed by atoms with E-state index in [1.54, 1.807) is 35.2 Å². The van der Waals surface area contributed by atoms with Gasteiger partial charge < -0.3 is 20.4 Å². The van der Waals surface area contributed by atoms with Crippen molar-refractivity contribution >= 4 is 39.3 Å². The van der Waals surface area contributed by atoms with Crippen LogP contribution >= 0.6 is 11.6 Å². The van der Waals surface area contributed by atoms with E-state index in [-0.39, 0.29) is 29.2 Å². The number of halogens is 1. The molecule has 0 spiro atoms. The molecule has 12 heteroatoms. The highest BCUT2D eigenvalue weighted by molar-refractivity contribution is 7.87. The van der Waals surface area contributed by atoms with Crippen molar-refractivity contribution in [3.05, 3.63) is 82.9 Å². The Balaban J connectivity index is 1.42. The molecule has 0 amide bonds. The fourth-order valence-corrected chi connectivity index (χ4v) is 4.83. The predicted molar refractivity (Wildman–Crippen MR) is 141 cm³/mol. The molecule has 1 aliphatic heterocycles. The number of hydrogen-bond donors (Lipinski definition) is 2. The van der Waals surface area contributed by atoms with Gasteiger partial charge in [0.25, 0.3) is 0 Å². The smallest absolute Gasteiger partial charge is 0.339 e. The highest BCUT2D eigenvalue weighted by Crippen LogP contribution is 2.34. The highest BCUT2D eigenvalue weighted by atomic mass is 35.5. The van der Waals surface area contributed by atoms with Crippen LogP contribution in [0, 0.1) is 11.3 Å². The van der Waals surface area contributed by atoms with Crippen LogP contribution < -0.4 is 25.3 Å². The maximum atomic E-state index is 12.6. The Morgan fingerprint density at radius 3 is 2.32 bits per heavy atom. The van der Waals surface area contributed by atoms with E-state index >= 15 is 0 Å². The zero-order chi connectivity index (χ0) is 26.8. The molecule has 10 nitrogen and oxygen atoms in total. The lowest BCUT2D eigenvalue weighted by Crippen LogP contribution is -2.54. The number of rotatable bonds is 7. The molecule has 0 aromatic heterocycles. The first-order valence-corrected chi connectivity index (χ1v) is 12.7. The lowest BCUT2D eigenvalue weighted by Gasteiger charge is -2.38. The van der Waals surface area contributed by atoms with Crippen LogP contribution in [0.15, 0.2) is 81.6 Å². The number of nitriles is 1. The van der Waals surface area contributed by atoms with E-state index in [4.69, 9.17) is 37.3 Å². The Kier molecular flexibility index (Phi) is 6.98. The summed E-state index contributed by atoms with van der Waals surface area (Å²) in [5.74, 6) is 0.838. The average molecular weight is 539 g/mol. The zero-order valence-electron chi connectivity index (χ0n) is 19.9. The molecule has 4 N–H and O–H groups in total. The van der Waals surface area contributed by atoms with E-state index in [2.05, 4.69) is 9.98 Å². The Bertz CT molecular complexity index is 1530. The number of anilines is 1. The summed E-state index contributed by atoms with van der Waals surface area (Å²) in [5.41, 5.74) is 12.8. The van der Waals surface area contributed by atoms with Crippen molar-refractivity contribution in [2.24, 2.45) is 21.5 Å². The summed E-state index contributed by atoms with van der Waals surface area (Å²) >= 11 is 6.46. The zero-order valence-corrected chi connectivity index (χ0v) is 21.5. The van der Waals surface area contributed by atoms with Gasteiger partial charge in [0, 0.05) is 5.69 Å². The van der Waals surface area contributed by atoms with E-state index in [1.807, 2.05) is 19.9 Å². The topological polar surface area (TPSA) is 156 Å². The van der Waals surface area contributed by atoms with E-state index in [1.165, 1.54) is 36.4 Å². The van der Waals surface area contributed by atoms with Gasteiger partial charge >= 0.3 is 10.1 Å². The van der Waals surface area contributed by atoms with Gasteiger partial charge in [-0.2, -0.15) is 18.7 Å². The normalized spacial score (nSPS) is 14.8. The lowest BCUT2D eigenvalue weighted by molar-refractivity contribution is 0.306. The van der Waals surface area contributed by atoms with Crippen molar-refractivity contribution in [1.29, 1.82) is 5.26 Å². The fourth-order valence-electron chi connectivity index (χ4n) is 3.67. The van der Waals surface area contributed by atoms with Gasteiger partial charge in [-0.15, -0.1) is 0 Å². The molecule has 0 radical (unpaired) electrons. The molecule has 3 aromatic rings. The maximum Gasteiger partial charge on any atom is 0.339 e. The van der Waals surface area contributed by atoms with E-state index in [0.29, 0.717) is 22.0 Å². The number of guanidine groups is 2. The number of nitrogens with zero attached hydrogens (tertiary/aromatic N) is 4. The quantitative estimate of drug-likeness (QED) is 0.431. The summed E-state index contributed by atoms with van der Waals surface area (Å²) in [4.78, 5) is 10.0. The van der Waals surface area contributed by atoms with Crippen LogP contribution in [0.25, 0.3) is 0 Å². The third-order valence-electron chi connectivity index (χ3n) is 5.36. The first kappa shape index (κ1) is 25.8. The second-order valence-corrected chi connectivity index (χ2v) is 10.4. The third-order valence-corrected chi connectivity index (χ3v) is 6.92. The minimum absolute atomic E-state index is 0.0188. The molecule has 37 heavy (non-hydrogen) atoms. The summed E-state index contributed by atoms with van der Waals surface area (Å²) in [6.07, 6.45) is 0. The molecule has 1 aliphatic rings. The van der Waals surface area contributed by atoms with E-state index < -0.39 is 15.8 Å². The van der Waals surface area contributed by atoms with Crippen molar-refractivity contribution in [1.82, 2.24) is 0 Å². The molecule has 0 saturated heterocycles. The van der Waals surface area contributed by atoms with Gasteiger partial charge in [0.2, 0.25) is 11.9 Å². The van der Waals surface area contributed by atoms with Gasteiger partial charge in [0.1, 0.15) is 28.7 Å². The maximum absolute atomic E-state index is 12.6. The Hall–Kier alpha value is -4.27. The molecule has 0 unspecified atom stereocenters. The van der Waals surface area contributed by atoms with Gasteiger partial charge in [-0.3, -0.25) is 4.90 Å². The fraction of sp³-hybridized carbons (Fsp3) is 0.160. The Morgan fingerprint density at radius 1 is 1.05 bits per heavy atom. The Labute approximate surface area is 219 Å². The monoisotopic (exact) mass is 538 g/mol. The van der Waals surface area contributed by atoms with Crippen LogP contribution in [0.3, 0.4) is 0 Å². The molecule has 3 aromatic carbocycles. The third kappa shape index (κ3) is 5.77. The van der Waals surface area contributed by atoms with E-state index in [0.717, 1.165) is 5.56 Å². The van der Waals surface area contributed by atoms with Gasteiger partial charge in [0.05, 0.1) is 16.7 Å². The minimum Gasteiger partial charge on any atom is -0.487 e. The van der Waals surface area contributed by atoms with Crippen molar-refractivity contribution in [3.8, 4) is 17.6 Å². The molecule has 0 fully saturated rings. The first-order chi connectivity index (χ1) is 17.5. The largest absolute Gasteiger partial charge is 0.487 e. The molecular formula is C25H23ClN6O4S. The average Bonchev–Trinajstić information content (AvgIpc) is 2.83. The predicted octanol–water partition coefficient (Wildman–Crippen LogP) is 3.74. The SMILES string of the molecule is CC1(C)N=C(N)N=C(N)N1c1ccc(OCc2ccc(S(=O)(=O)Oc3ccc(C#N)cc3)cc2)c(Cl)c1. The summed E-state index contributed by atoms with van der Waals surface area (Å²) in [6.45, 7) is 3.84. The molecule has 190 valence electrons. The summed E-state index contributed by atoms with van der Waals surface area (Å²) in [5, 5.41) is 9.20. The van der Waals surface area contributed by atoms with Crippen LogP contribution in [0.1, 0.15) is 25.0 Å². The number of ether oxygens (including phenoxy) is 1. The molecule has 0 aliphatic carbocycles. The number of aliphatic imine (C=N–C) groups is 2. The first-order valence-electron chi connectivity index (χ1n) is 10.9. The highest BCUT2D eigenvalue weighted by Gasteiger charge is 2.33. The summed E-state index contributed by atoms with van der Waals surface area (Å²) in [7, 11) is -4.04. The molecule has 4 rings (SSSR count). The second-order valence-electron chi connectivity index (χ2n) is 8.49. The molecule has 1 heterocycles. The lowest BCUT2D eigenvalue weighted by atomic mass is 10.1. The van der Waals surface area contributed by atoms with Crippen LogP contribution in [0.2, 0.25) is 5.02 Å². The number of hydrogen-bond acceptors (Lipinski definition) is 10. The van der Waals surface area contributed by atoms with Crippen LogP contribution in [0.5, 0.6) is 11.5 Å². The summed E-state index contributed by atoms with van der Waals surface area (Å²) < 4.78 is 36.1. The number of benzene rings is 3. The van der Waals surface area contributed by atoms with Gasteiger partial charge in [-0.25, -0.2) is 4.99 Å². The summed E-state index contributed by atoms with van der Waals surface area (Å²) in [6, 6.07) is 19.0. The standard InChI is InChI=1S/C25H23ClN6O4S/c1-25(2)31-23(28)30-24(29)32(25)18-7-12-22(21(26)13-18)35-15-17-5-10-20(11-6-17)37(33,34)36-19-8-3-16(14-27)4-9-19/h3-13H,15H2,1-2H3,(H4,28,29,30,31). The second kappa shape index (κ2) is 10.0. The van der Waals surface area contributed by atoms with Crippen molar-refractivity contribution in [2.45, 2.75) is 31.0 Å². The van der Waals surface area contributed by atoms with Crippen LogP contribution in [-0.2, 0) is 16.7 Å². The molecule has 0 saturated carbocycles. The molecule has 0 atom stereocenters. The van der Waals surface area contributed by atoms with Gasteiger partial charge in [-0.1, -0.05) is 23.7 Å². The van der Waals surface area contributed by atoms with Crippen LogP contribution in [-0.4, -0.2) is 26.0 Å². The van der Waals surface area contributed by atoms with Crippen LogP contribution in [0.4, 0.5) is 5.69 Å². The minimum atomic E-state index is -4.04. The number of nitrogens with two attached hydrogens (primary N) is 2. The van der Waals surface area contributed by atoms with Crippen molar-refractivity contribution in [2.75, 3.05) is 4.90 Å². The van der Waals surface area contributed by atoms with Gasteiger partial charge in [-0.05, 0) is 74.0 Å². The molecule has 0 bridgehead atoms. The van der Waals surface area contributed by atoms with Crippen molar-refractivity contribution in [3.63, 3.8) is 0 Å².